The number of rotatable bonds is 8. The highest BCUT2D eigenvalue weighted by Gasteiger charge is 2.20. The van der Waals surface area contributed by atoms with Crippen molar-refractivity contribution < 1.29 is 18.7 Å². The summed E-state index contributed by atoms with van der Waals surface area (Å²) in [4.78, 5) is 15.4. The van der Waals surface area contributed by atoms with Gasteiger partial charge >= 0.3 is 0 Å². The zero-order chi connectivity index (χ0) is 21.8. The van der Waals surface area contributed by atoms with Crippen LogP contribution in [0.1, 0.15) is 30.2 Å². The summed E-state index contributed by atoms with van der Waals surface area (Å²) in [6.07, 6.45) is 3.81. The van der Waals surface area contributed by atoms with Crippen LogP contribution >= 0.6 is 0 Å². The quantitative estimate of drug-likeness (QED) is 0.442. The lowest BCUT2D eigenvalue weighted by Crippen LogP contribution is -2.34. The molecule has 0 aliphatic carbocycles. The Bertz CT molecular complexity index is 1220. The predicted molar refractivity (Wildman–Crippen MR) is 118 cm³/mol. The Hall–Kier alpha value is -3.81. The molecule has 0 fully saturated rings. The van der Waals surface area contributed by atoms with Crippen molar-refractivity contribution in [2.24, 2.45) is 0 Å². The zero-order valence-corrected chi connectivity index (χ0v) is 17.5. The van der Waals surface area contributed by atoms with Crippen molar-refractivity contribution in [3.8, 4) is 11.5 Å². The van der Waals surface area contributed by atoms with Crippen LogP contribution in [0.2, 0.25) is 0 Å². The number of benzene rings is 2. The average molecular weight is 432 g/mol. The molecule has 1 amide bonds. The molecule has 3 heterocycles. The minimum absolute atomic E-state index is 0.0569. The number of hydrogen-bond acceptors (Lipinski definition) is 6. The standard InChI is InChI=1S/C24H24N4O4/c29-22(25-12-11-17-15-30-20-7-3-4-8-21(20)31-17)9-10-23-27-28-24(32-23)13-16-14-26-19-6-2-1-5-18(16)19/h1-8,14,17,26H,9-13,15H2,(H,25,29)/t17-/m0/s1. The fraction of sp³-hybridized carbons (Fsp3) is 0.292. The Morgan fingerprint density at radius 3 is 2.81 bits per heavy atom. The number of H-pyrrole nitrogens is 1. The first-order chi connectivity index (χ1) is 15.7. The molecule has 1 aliphatic rings. The summed E-state index contributed by atoms with van der Waals surface area (Å²) < 4.78 is 17.3. The zero-order valence-electron chi connectivity index (χ0n) is 17.5. The van der Waals surface area contributed by atoms with Crippen LogP contribution in [0.5, 0.6) is 11.5 Å². The van der Waals surface area contributed by atoms with Gasteiger partial charge in [0.05, 0.1) is 6.42 Å². The summed E-state index contributed by atoms with van der Waals surface area (Å²) in [7, 11) is 0. The van der Waals surface area contributed by atoms with E-state index in [1.165, 1.54) is 0 Å². The van der Waals surface area contributed by atoms with E-state index < -0.39 is 0 Å². The Balaban J connectivity index is 1.05. The van der Waals surface area contributed by atoms with E-state index in [0.717, 1.165) is 28.0 Å². The van der Waals surface area contributed by atoms with Crippen LogP contribution in [0.4, 0.5) is 0 Å². The fourth-order valence-corrected chi connectivity index (χ4v) is 3.79. The van der Waals surface area contributed by atoms with Gasteiger partial charge in [-0.15, -0.1) is 10.2 Å². The van der Waals surface area contributed by atoms with E-state index in [-0.39, 0.29) is 12.0 Å². The second-order valence-electron chi connectivity index (χ2n) is 7.76. The molecule has 1 aliphatic heterocycles. The molecule has 0 saturated carbocycles. The number of nitrogens with zero attached hydrogens (tertiary/aromatic N) is 2. The monoisotopic (exact) mass is 432 g/mol. The molecule has 0 unspecified atom stereocenters. The van der Waals surface area contributed by atoms with Crippen LogP contribution in [0.15, 0.2) is 59.1 Å². The van der Waals surface area contributed by atoms with Crippen molar-refractivity contribution in [3.05, 3.63) is 72.1 Å². The molecule has 1 atom stereocenters. The summed E-state index contributed by atoms with van der Waals surface area (Å²) in [6.45, 7) is 0.999. The van der Waals surface area contributed by atoms with Gasteiger partial charge in [0.25, 0.3) is 0 Å². The Morgan fingerprint density at radius 1 is 1.06 bits per heavy atom. The van der Waals surface area contributed by atoms with Gasteiger partial charge in [-0.1, -0.05) is 30.3 Å². The van der Waals surface area contributed by atoms with E-state index in [0.29, 0.717) is 50.6 Å². The number of carbonyl (C=O) groups is 1. The molecule has 8 nitrogen and oxygen atoms in total. The molecule has 0 bridgehead atoms. The number of hydrogen-bond donors (Lipinski definition) is 2. The topological polar surface area (TPSA) is 102 Å². The average Bonchev–Trinajstić information content (AvgIpc) is 3.45. The van der Waals surface area contributed by atoms with Crippen LogP contribution in [-0.2, 0) is 17.6 Å². The van der Waals surface area contributed by atoms with Crippen LogP contribution in [0.3, 0.4) is 0 Å². The van der Waals surface area contributed by atoms with Gasteiger partial charge in [0.1, 0.15) is 12.7 Å². The number of aromatic nitrogens is 3. The fourth-order valence-electron chi connectivity index (χ4n) is 3.79. The third-order valence-electron chi connectivity index (χ3n) is 5.45. The van der Waals surface area contributed by atoms with Crippen molar-refractivity contribution in [1.29, 1.82) is 0 Å². The summed E-state index contributed by atoms with van der Waals surface area (Å²) in [5.41, 5.74) is 2.18. The Morgan fingerprint density at radius 2 is 1.88 bits per heavy atom. The third-order valence-corrected chi connectivity index (χ3v) is 5.45. The number of amides is 1. The smallest absolute Gasteiger partial charge is 0.221 e. The largest absolute Gasteiger partial charge is 0.486 e. The molecular formula is C24H24N4O4. The molecule has 4 aromatic rings. The second kappa shape index (κ2) is 9.13. The van der Waals surface area contributed by atoms with E-state index in [2.05, 4.69) is 26.6 Å². The lowest BCUT2D eigenvalue weighted by Gasteiger charge is -2.26. The number of aryl methyl sites for hydroxylation is 1. The van der Waals surface area contributed by atoms with Crippen LogP contribution < -0.4 is 14.8 Å². The number of carbonyl (C=O) groups excluding carboxylic acids is 1. The van der Waals surface area contributed by atoms with Crippen molar-refractivity contribution in [2.75, 3.05) is 13.2 Å². The summed E-state index contributed by atoms with van der Waals surface area (Å²) >= 11 is 0. The molecule has 0 saturated heterocycles. The van der Waals surface area contributed by atoms with Gasteiger partial charge in [-0.05, 0) is 23.8 Å². The lowest BCUT2D eigenvalue weighted by molar-refractivity contribution is -0.121. The van der Waals surface area contributed by atoms with Gasteiger partial charge in [-0.2, -0.15) is 0 Å². The maximum Gasteiger partial charge on any atom is 0.221 e. The predicted octanol–water partition coefficient (Wildman–Crippen LogP) is 3.42. The van der Waals surface area contributed by atoms with Crippen LogP contribution in [0.25, 0.3) is 10.9 Å². The summed E-state index contributed by atoms with van der Waals surface area (Å²) in [5, 5.41) is 12.3. The van der Waals surface area contributed by atoms with Gasteiger partial charge in [0, 0.05) is 42.9 Å². The molecule has 0 spiro atoms. The molecule has 164 valence electrons. The first kappa shape index (κ1) is 20.1. The van der Waals surface area contributed by atoms with Crippen molar-refractivity contribution >= 4 is 16.8 Å². The first-order valence-electron chi connectivity index (χ1n) is 10.8. The molecule has 2 aromatic carbocycles. The van der Waals surface area contributed by atoms with Gasteiger partial charge in [-0.3, -0.25) is 4.79 Å². The normalized spacial score (nSPS) is 15.1. The number of nitrogens with one attached hydrogen (secondary N) is 2. The molecular weight excluding hydrogens is 408 g/mol. The highest BCUT2D eigenvalue weighted by atomic mass is 16.6. The highest BCUT2D eigenvalue weighted by molar-refractivity contribution is 5.83. The second-order valence-corrected chi connectivity index (χ2v) is 7.76. The van der Waals surface area contributed by atoms with Gasteiger partial charge < -0.3 is 24.2 Å². The van der Waals surface area contributed by atoms with Crippen molar-refractivity contribution in [1.82, 2.24) is 20.5 Å². The van der Waals surface area contributed by atoms with Gasteiger partial charge in [-0.25, -0.2) is 0 Å². The Labute approximate surface area is 184 Å². The SMILES string of the molecule is O=C(CCc1nnc(Cc2c[nH]c3ccccc23)o1)NCC[C@H]1COc2ccccc2O1. The van der Waals surface area contributed by atoms with E-state index in [9.17, 15) is 4.79 Å². The maximum atomic E-state index is 12.2. The van der Waals surface area contributed by atoms with E-state index in [1.54, 1.807) is 0 Å². The lowest BCUT2D eigenvalue weighted by atomic mass is 10.1. The molecule has 5 rings (SSSR count). The minimum Gasteiger partial charge on any atom is -0.486 e. The van der Waals surface area contributed by atoms with E-state index >= 15 is 0 Å². The molecule has 0 radical (unpaired) electrons. The van der Waals surface area contributed by atoms with E-state index in [1.807, 2.05) is 48.7 Å². The highest BCUT2D eigenvalue weighted by Crippen LogP contribution is 2.31. The van der Waals surface area contributed by atoms with Crippen molar-refractivity contribution in [3.63, 3.8) is 0 Å². The van der Waals surface area contributed by atoms with Crippen LogP contribution in [0, 0.1) is 0 Å². The number of aromatic amines is 1. The molecule has 2 N–H and O–H groups in total. The first-order valence-corrected chi connectivity index (χ1v) is 10.8. The molecule has 8 heteroatoms. The van der Waals surface area contributed by atoms with Gasteiger partial charge in [0.15, 0.2) is 11.5 Å². The summed E-state index contributed by atoms with van der Waals surface area (Å²) in [5.74, 6) is 2.46. The maximum absolute atomic E-state index is 12.2. The number of para-hydroxylation sites is 3. The molecule has 2 aromatic heterocycles. The third kappa shape index (κ3) is 4.59. The molecule has 32 heavy (non-hydrogen) atoms. The number of fused-ring (bicyclic) bond motifs is 2. The minimum atomic E-state index is -0.0757. The van der Waals surface area contributed by atoms with Crippen LogP contribution in [-0.4, -0.2) is 40.3 Å². The van der Waals surface area contributed by atoms with Crippen molar-refractivity contribution in [2.45, 2.75) is 31.8 Å². The van der Waals surface area contributed by atoms with E-state index in [4.69, 9.17) is 13.9 Å². The summed E-state index contributed by atoms with van der Waals surface area (Å²) in [6, 6.07) is 15.7. The Kier molecular flexibility index (Phi) is 5.74. The number of ether oxygens (including phenoxy) is 2. The van der Waals surface area contributed by atoms with Gasteiger partial charge in [0.2, 0.25) is 17.7 Å².